The van der Waals surface area contributed by atoms with Crippen LogP contribution in [0.25, 0.3) is 94.3 Å². The summed E-state index contributed by atoms with van der Waals surface area (Å²) in [7, 11) is 0. The Hall–Kier alpha value is -6.91. The van der Waals surface area contributed by atoms with Crippen molar-refractivity contribution in [2.45, 2.75) is 0 Å². The van der Waals surface area contributed by atoms with Gasteiger partial charge >= 0.3 is 0 Å². The lowest BCUT2D eigenvalue weighted by molar-refractivity contribution is 1.07. The largest absolute Gasteiger partial charge is 0.308 e. The predicted octanol–water partition coefficient (Wildman–Crippen LogP) is 11.9. The summed E-state index contributed by atoms with van der Waals surface area (Å²) >= 11 is 0. The van der Waals surface area contributed by atoms with E-state index in [1.54, 1.807) is 0 Å². The van der Waals surface area contributed by atoms with Crippen molar-refractivity contribution in [2.75, 3.05) is 0 Å². The molecule has 0 fully saturated rings. The van der Waals surface area contributed by atoms with Gasteiger partial charge < -0.3 is 4.57 Å². The van der Waals surface area contributed by atoms with Crippen LogP contribution in [0.2, 0.25) is 0 Å². The minimum absolute atomic E-state index is 0.619. The smallest absolute Gasteiger partial charge is 0.166 e. The molecule has 8 aromatic carbocycles. The van der Waals surface area contributed by atoms with E-state index >= 15 is 0 Å². The maximum absolute atomic E-state index is 5.29. The summed E-state index contributed by atoms with van der Waals surface area (Å²) in [5.41, 5.74) is 8.37. The summed E-state index contributed by atoms with van der Waals surface area (Å²) < 4.78 is 2.37. The van der Waals surface area contributed by atoms with Crippen LogP contribution in [0, 0.1) is 0 Å². The normalized spacial score (nSPS) is 11.5. The topological polar surface area (TPSA) is 43.6 Å². The molecule has 238 valence electrons. The van der Waals surface area contributed by atoms with Gasteiger partial charge in [-0.1, -0.05) is 152 Å². The maximum atomic E-state index is 5.29. The van der Waals surface area contributed by atoms with E-state index in [4.69, 9.17) is 15.0 Å². The van der Waals surface area contributed by atoms with Crippen LogP contribution in [-0.4, -0.2) is 19.5 Å². The van der Waals surface area contributed by atoms with Gasteiger partial charge in [-0.25, -0.2) is 15.0 Å². The average Bonchev–Trinajstić information content (AvgIpc) is 3.54. The van der Waals surface area contributed by atoms with Crippen molar-refractivity contribution in [3.8, 4) is 51.0 Å². The summed E-state index contributed by atoms with van der Waals surface area (Å²) in [5.74, 6) is 1.89. The Morgan fingerprint density at radius 1 is 0.314 bits per heavy atom. The van der Waals surface area contributed by atoms with Crippen LogP contribution in [-0.2, 0) is 0 Å². The van der Waals surface area contributed by atoms with Gasteiger partial charge in [0.25, 0.3) is 0 Å². The molecular weight excluding hydrogens is 621 g/mol. The van der Waals surface area contributed by atoms with Crippen molar-refractivity contribution in [3.05, 3.63) is 182 Å². The molecule has 4 nitrogen and oxygen atoms in total. The highest BCUT2D eigenvalue weighted by Gasteiger charge is 2.20. The first-order valence-corrected chi connectivity index (χ1v) is 17.2. The molecule has 0 saturated carbocycles. The van der Waals surface area contributed by atoms with Gasteiger partial charge in [0.2, 0.25) is 0 Å². The number of hydrogen-bond acceptors (Lipinski definition) is 3. The van der Waals surface area contributed by atoms with E-state index < -0.39 is 0 Å². The summed E-state index contributed by atoms with van der Waals surface area (Å²) in [5, 5.41) is 7.08. The third-order valence-electron chi connectivity index (χ3n) is 9.84. The van der Waals surface area contributed by atoms with Crippen molar-refractivity contribution in [3.63, 3.8) is 0 Å². The van der Waals surface area contributed by atoms with E-state index in [0.717, 1.165) is 55.3 Å². The number of aromatic nitrogens is 4. The average molecular weight is 651 g/mol. The van der Waals surface area contributed by atoms with Crippen molar-refractivity contribution >= 4 is 43.4 Å². The molecule has 4 heteroatoms. The molecule has 2 aromatic heterocycles. The molecule has 51 heavy (non-hydrogen) atoms. The monoisotopic (exact) mass is 650 g/mol. The fourth-order valence-electron chi connectivity index (χ4n) is 7.39. The fraction of sp³-hybridized carbons (Fsp3) is 0. The summed E-state index contributed by atoms with van der Waals surface area (Å²) in [6, 6.07) is 64.0. The molecule has 0 aliphatic carbocycles. The van der Waals surface area contributed by atoms with E-state index in [1.165, 1.54) is 21.5 Å². The first kappa shape index (κ1) is 29.0. The minimum Gasteiger partial charge on any atom is -0.308 e. The number of rotatable bonds is 5. The summed E-state index contributed by atoms with van der Waals surface area (Å²) in [6.45, 7) is 0. The van der Waals surface area contributed by atoms with Gasteiger partial charge in [-0.15, -0.1) is 0 Å². The number of para-hydroxylation sites is 2. The van der Waals surface area contributed by atoms with Gasteiger partial charge in [-0.2, -0.15) is 0 Å². The highest BCUT2D eigenvalue weighted by atomic mass is 15.1. The Morgan fingerprint density at radius 3 is 1.63 bits per heavy atom. The summed E-state index contributed by atoms with van der Waals surface area (Å²) in [6.07, 6.45) is 0. The third-order valence-corrected chi connectivity index (χ3v) is 9.84. The molecule has 0 saturated heterocycles. The molecule has 0 N–H and O–H groups in total. The number of nitrogens with zero attached hydrogens (tertiary/aromatic N) is 4. The van der Waals surface area contributed by atoms with Crippen LogP contribution < -0.4 is 0 Å². The quantitative estimate of drug-likeness (QED) is 0.186. The molecule has 0 bridgehead atoms. The predicted molar refractivity (Wildman–Crippen MR) is 211 cm³/mol. The highest BCUT2D eigenvalue weighted by Crippen LogP contribution is 2.39. The Kier molecular flexibility index (Phi) is 6.78. The zero-order valence-corrected chi connectivity index (χ0v) is 27.6. The standard InChI is InChI=1S/C47H30N4/c1-2-15-33(16-3-1)45-48-46(40-22-12-18-32-14-6-7-19-37(32)40)50-47(49-45)41-28-27-36(35-26-25-31-13-4-5-17-34(31)29-35)30-44(41)51-42-23-10-8-20-38(42)39-21-9-11-24-43(39)51/h1-30H. The lowest BCUT2D eigenvalue weighted by Gasteiger charge is -2.17. The molecule has 0 unspecified atom stereocenters. The molecule has 10 aromatic rings. The van der Waals surface area contributed by atoms with Crippen LogP contribution in [0.15, 0.2) is 182 Å². The third kappa shape index (κ3) is 4.96. The molecule has 10 rings (SSSR count). The SMILES string of the molecule is c1ccc(-c2nc(-c3ccc(-c4ccc5ccccc5c4)cc3-n3c4ccccc4c4ccccc43)nc(-c3cccc4ccccc34)n2)cc1. The van der Waals surface area contributed by atoms with E-state index in [9.17, 15) is 0 Å². The Bertz CT molecular complexity index is 2870. The van der Waals surface area contributed by atoms with Crippen molar-refractivity contribution < 1.29 is 0 Å². The molecule has 2 heterocycles. The maximum Gasteiger partial charge on any atom is 0.166 e. The zero-order chi connectivity index (χ0) is 33.7. The molecule has 0 atom stereocenters. The van der Waals surface area contributed by atoms with Gasteiger partial charge in [0, 0.05) is 27.5 Å². The molecule has 0 amide bonds. The van der Waals surface area contributed by atoms with E-state index in [2.05, 4.69) is 168 Å². The van der Waals surface area contributed by atoms with Gasteiger partial charge in [0.15, 0.2) is 17.5 Å². The first-order valence-electron chi connectivity index (χ1n) is 17.2. The lowest BCUT2D eigenvalue weighted by atomic mass is 9.98. The van der Waals surface area contributed by atoms with Crippen molar-refractivity contribution in [2.24, 2.45) is 0 Å². The van der Waals surface area contributed by atoms with E-state index in [0.29, 0.717) is 17.5 Å². The Balaban J connectivity index is 1.28. The molecule has 0 radical (unpaired) electrons. The van der Waals surface area contributed by atoms with Crippen LogP contribution in [0.5, 0.6) is 0 Å². The van der Waals surface area contributed by atoms with E-state index in [-0.39, 0.29) is 0 Å². The number of hydrogen-bond donors (Lipinski definition) is 0. The van der Waals surface area contributed by atoms with Gasteiger partial charge in [-0.3, -0.25) is 0 Å². The van der Waals surface area contributed by atoms with Crippen LogP contribution in [0.1, 0.15) is 0 Å². The lowest BCUT2D eigenvalue weighted by Crippen LogP contribution is -2.04. The van der Waals surface area contributed by atoms with Crippen LogP contribution >= 0.6 is 0 Å². The van der Waals surface area contributed by atoms with Crippen LogP contribution in [0.3, 0.4) is 0 Å². The second kappa shape index (κ2) is 11.9. The van der Waals surface area contributed by atoms with Gasteiger partial charge in [0.05, 0.1) is 16.7 Å². The number of fused-ring (bicyclic) bond motifs is 5. The Morgan fingerprint density at radius 2 is 0.863 bits per heavy atom. The van der Waals surface area contributed by atoms with Crippen molar-refractivity contribution in [1.82, 2.24) is 19.5 Å². The van der Waals surface area contributed by atoms with Gasteiger partial charge in [-0.05, 0) is 63.0 Å². The van der Waals surface area contributed by atoms with E-state index in [1.807, 2.05) is 18.2 Å². The first-order chi connectivity index (χ1) is 25.3. The Labute approximate surface area is 295 Å². The van der Waals surface area contributed by atoms with Gasteiger partial charge in [0.1, 0.15) is 0 Å². The molecular formula is C47H30N4. The number of benzene rings is 8. The second-order valence-corrected chi connectivity index (χ2v) is 12.9. The second-order valence-electron chi connectivity index (χ2n) is 12.9. The highest BCUT2D eigenvalue weighted by molar-refractivity contribution is 6.10. The molecule has 0 spiro atoms. The zero-order valence-electron chi connectivity index (χ0n) is 27.6. The fourth-order valence-corrected chi connectivity index (χ4v) is 7.39. The summed E-state index contributed by atoms with van der Waals surface area (Å²) in [4.78, 5) is 15.6. The molecule has 0 aliphatic rings. The molecule has 0 aliphatic heterocycles. The van der Waals surface area contributed by atoms with Crippen molar-refractivity contribution in [1.29, 1.82) is 0 Å². The van der Waals surface area contributed by atoms with Crippen LogP contribution in [0.4, 0.5) is 0 Å². The minimum atomic E-state index is 0.619.